The zero-order chi connectivity index (χ0) is 22.2. The van der Waals surface area contributed by atoms with Crippen LogP contribution in [-0.4, -0.2) is 21.5 Å². The number of carbonyl (C=O) groups is 1. The molecule has 3 aromatic carbocycles. The summed E-state index contributed by atoms with van der Waals surface area (Å²) in [6, 6.07) is 19.9. The molecule has 9 nitrogen and oxygen atoms in total. The van der Waals surface area contributed by atoms with E-state index in [1.165, 1.54) is 42.5 Å². The molecule has 154 valence electrons. The van der Waals surface area contributed by atoms with Gasteiger partial charge in [-0.1, -0.05) is 47.6 Å². The van der Waals surface area contributed by atoms with Crippen LogP contribution in [0.5, 0.6) is 0 Å². The minimum atomic E-state index is -0.803. The van der Waals surface area contributed by atoms with E-state index in [0.29, 0.717) is 11.1 Å². The first-order valence-electron chi connectivity index (χ1n) is 8.96. The molecule has 0 unspecified atom stereocenters. The van der Waals surface area contributed by atoms with Gasteiger partial charge in [-0.25, -0.2) is 4.79 Å². The first-order chi connectivity index (χ1) is 15.0. The Bertz CT molecular complexity index is 1170. The third-order valence-electron chi connectivity index (χ3n) is 4.16. The molecule has 0 fully saturated rings. The lowest BCUT2D eigenvalue weighted by atomic mass is 10.1. The Kier molecular flexibility index (Phi) is 6.59. The Labute approximate surface area is 176 Å². The van der Waals surface area contributed by atoms with Gasteiger partial charge in [0.25, 0.3) is 11.4 Å². The summed E-state index contributed by atoms with van der Waals surface area (Å²) in [4.78, 5) is 38.1. The molecule has 0 saturated heterocycles. The Morgan fingerprint density at radius 2 is 1.45 bits per heavy atom. The van der Waals surface area contributed by atoms with Crippen molar-refractivity contribution in [3.05, 3.63) is 122 Å². The van der Waals surface area contributed by atoms with Crippen LogP contribution in [0.2, 0.25) is 0 Å². The molecule has 0 aromatic heterocycles. The minimum absolute atomic E-state index is 0.0750. The van der Waals surface area contributed by atoms with Gasteiger partial charge in [-0.05, 0) is 30.4 Å². The second kappa shape index (κ2) is 9.70. The largest absolute Gasteiger partial charge is 0.365 e. The molecule has 31 heavy (non-hydrogen) atoms. The predicted octanol–water partition coefficient (Wildman–Crippen LogP) is 4.78. The standard InChI is InChI=1S/C22H15N3O6/c26-22(18-10-13-19(14-11-18)24(27)28)31-23-20(16-6-2-1-3-7-16)15-12-17-8-4-5-9-21(17)25(29)30/h1-15H. The summed E-state index contributed by atoms with van der Waals surface area (Å²) >= 11 is 0. The van der Waals surface area contributed by atoms with Gasteiger partial charge in [-0.3, -0.25) is 20.2 Å². The molecule has 0 N–H and O–H groups in total. The molecule has 0 bridgehead atoms. The zero-order valence-electron chi connectivity index (χ0n) is 16.0. The fraction of sp³-hybridized carbons (Fsp3) is 0. The molecule has 0 aliphatic heterocycles. The van der Waals surface area contributed by atoms with Crippen LogP contribution < -0.4 is 0 Å². The zero-order valence-corrected chi connectivity index (χ0v) is 16.0. The molecule has 0 aliphatic rings. The Morgan fingerprint density at radius 3 is 2.10 bits per heavy atom. The predicted molar refractivity (Wildman–Crippen MR) is 114 cm³/mol. The third-order valence-corrected chi connectivity index (χ3v) is 4.16. The number of nitrogens with zero attached hydrogens (tertiary/aromatic N) is 3. The number of rotatable bonds is 7. The summed E-state index contributed by atoms with van der Waals surface area (Å²) < 4.78 is 0. The summed E-state index contributed by atoms with van der Waals surface area (Å²) in [5, 5.41) is 25.8. The Morgan fingerprint density at radius 1 is 0.806 bits per heavy atom. The van der Waals surface area contributed by atoms with Crippen molar-refractivity contribution in [1.82, 2.24) is 0 Å². The highest BCUT2D eigenvalue weighted by Crippen LogP contribution is 2.20. The van der Waals surface area contributed by atoms with Crippen LogP contribution >= 0.6 is 0 Å². The maximum Gasteiger partial charge on any atom is 0.365 e. The van der Waals surface area contributed by atoms with Crippen LogP contribution in [0.25, 0.3) is 6.08 Å². The topological polar surface area (TPSA) is 125 Å². The lowest BCUT2D eigenvalue weighted by molar-refractivity contribution is -0.385. The number of benzene rings is 3. The van der Waals surface area contributed by atoms with Crippen molar-refractivity contribution >= 4 is 29.1 Å². The molecule has 9 heteroatoms. The SMILES string of the molecule is O=C(ON=C(C=Cc1ccccc1[N+](=O)[O-])c1ccccc1)c1ccc([N+](=O)[O-])cc1. The Hall–Kier alpha value is -4.66. The number of non-ortho nitro benzene ring substituents is 1. The lowest BCUT2D eigenvalue weighted by Crippen LogP contribution is -2.05. The molecule has 0 amide bonds. The van der Waals surface area contributed by atoms with Crippen molar-refractivity contribution in [2.45, 2.75) is 0 Å². The van der Waals surface area contributed by atoms with Gasteiger partial charge in [0.1, 0.15) is 5.71 Å². The maximum atomic E-state index is 12.3. The van der Waals surface area contributed by atoms with Gasteiger partial charge in [0.05, 0.1) is 21.0 Å². The fourth-order valence-corrected chi connectivity index (χ4v) is 2.61. The van der Waals surface area contributed by atoms with Crippen LogP contribution in [0, 0.1) is 20.2 Å². The molecular weight excluding hydrogens is 402 g/mol. The number of hydrogen-bond acceptors (Lipinski definition) is 7. The van der Waals surface area contributed by atoms with E-state index in [0.717, 1.165) is 0 Å². The molecule has 3 aromatic rings. The summed E-state index contributed by atoms with van der Waals surface area (Å²) in [6.07, 6.45) is 3.00. The summed E-state index contributed by atoms with van der Waals surface area (Å²) in [5.74, 6) is -0.803. The monoisotopic (exact) mass is 417 g/mol. The smallest absolute Gasteiger partial charge is 0.312 e. The van der Waals surface area contributed by atoms with Gasteiger partial charge >= 0.3 is 5.97 Å². The van der Waals surface area contributed by atoms with E-state index in [1.807, 2.05) is 0 Å². The molecule has 0 radical (unpaired) electrons. The van der Waals surface area contributed by atoms with Crippen LogP contribution in [0.3, 0.4) is 0 Å². The molecule has 0 spiro atoms. The van der Waals surface area contributed by atoms with Crippen molar-refractivity contribution in [2.75, 3.05) is 0 Å². The van der Waals surface area contributed by atoms with E-state index < -0.39 is 15.8 Å². The van der Waals surface area contributed by atoms with Crippen molar-refractivity contribution in [3.8, 4) is 0 Å². The molecular formula is C22H15N3O6. The number of allylic oxidation sites excluding steroid dienone is 1. The van der Waals surface area contributed by atoms with E-state index in [-0.39, 0.29) is 22.6 Å². The van der Waals surface area contributed by atoms with Gasteiger partial charge < -0.3 is 4.84 Å². The van der Waals surface area contributed by atoms with Crippen LogP contribution in [0.15, 0.2) is 90.1 Å². The van der Waals surface area contributed by atoms with E-state index in [2.05, 4.69) is 5.16 Å². The normalized spacial score (nSPS) is 11.3. The number of carbonyl (C=O) groups excluding carboxylic acids is 1. The van der Waals surface area contributed by atoms with Gasteiger partial charge in [0.2, 0.25) is 0 Å². The third kappa shape index (κ3) is 5.45. The van der Waals surface area contributed by atoms with E-state index in [4.69, 9.17) is 4.84 Å². The van der Waals surface area contributed by atoms with Gasteiger partial charge in [0, 0.05) is 23.8 Å². The van der Waals surface area contributed by atoms with E-state index in [9.17, 15) is 25.0 Å². The van der Waals surface area contributed by atoms with E-state index >= 15 is 0 Å². The van der Waals surface area contributed by atoms with Gasteiger partial charge in [-0.2, -0.15) is 0 Å². The number of oxime groups is 1. The average Bonchev–Trinajstić information content (AvgIpc) is 2.79. The molecule has 0 aliphatic carbocycles. The van der Waals surface area contributed by atoms with Gasteiger partial charge in [-0.15, -0.1) is 0 Å². The van der Waals surface area contributed by atoms with E-state index in [1.54, 1.807) is 48.5 Å². The average molecular weight is 417 g/mol. The lowest BCUT2D eigenvalue weighted by Gasteiger charge is -2.03. The van der Waals surface area contributed by atoms with Crippen molar-refractivity contribution in [3.63, 3.8) is 0 Å². The maximum absolute atomic E-state index is 12.3. The number of para-hydroxylation sites is 1. The van der Waals surface area contributed by atoms with Crippen molar-refractivity contribution in [2.24, 2.45) is 5.16 Å². The highest BCUT2D eigenvalue weighted by molar-refractivity contribution is 6.11. The van der Waals surface area contributed by atoms with Gasteiger partial charge in [0.15, 0.2) is 0 Å². The number of hydrogen-bond donors (Lipinski definition) is 0. The highest BCUT2D eigenvalue weighted by Gasteiger charge is 2.13. The number of nitro groups is 2. The molecule has 0 atom stereocenters. The quantitative estimate of drug-likeness (QED) is 0.236. The first-order valence-corrected chi connectivity index (χ1v) is 8.96. The summed E-state index contributed by atoms with van der Waals surface area (Å²) in [7, 11) is 0. The second-order valence-electron chi connectivity index (χ2n) is 6.17. The van der Waals surface area contributed by atoms with Crippen LogP contribution in [0.4, 0.5) is 11.4 Å². The van der Waals surface area contributed by atoms with Crippen molar-refractivity contribution < 1.29 is 19.5 Å². The molecule has 0 saturated carbocycles. The first kappa shape index (κ1) is 21.1. The van der Waals surface area contributed by atoms with Crippen LogP contribution in [0.1, 0.15) is 21.5 Å². The summed E-state index contributed by atoms with van der Waals surface area (Å²) in [5.41, 5.74) is 1.09. The molecule has 3 rings (SSSR count). The van der Waals surface area contributed by atoms with Crippen LogP contribution in [-0.2, 0) is 4.84 Å². The second-order valence-corrected chi connectivity index (χ2v) is 6.17. The van der Waals surface area contributed by atoms with Crippen molar-refractivity contribution in [1.29, 1.82) is 0 Å². The summed E-state index contributed by atoms with van der Waals surface area (Å²) in [6.45, 7) is 0. The highest BCUT2D eigenvalue weighted by atomic mass is 16.7. The fourth-order valence-electron chi connectivity index (χ4n) is 2.61. The minimum Gasteiger partial charge on any atom is -0.312 e. The molecule has 0 heterocycles. The Balaban J connectivity index is 1.88. The number of nitro benzene ring substituents is 2.